The number of piperidine rings is 1. The molecule has 1 nitrogen and oxygen atoms in total. The highest BCUT2D eigenvalue weighted by molar-refractivity contribution is 4.73. The third kappa shape index (κ3) is 7.41. The van der Waals surface area contributed by atoms with E-state index in [0.29, 0.717) is 5.41 Å². The lowest BCUT2D eigenvalue weighted by atomic mass is 9.83. The Hall–Kier alpha value is -0.0400. The summed E-state index contributed by atoms with van der Waals surface area (Å²) in [5.74, 6) is 0. The highest BCUT2D eigenvalue weighted by Gasteiger charge is 2.19. The van der Waals surface area contributed by atoms with Crippen LogP contribution in [0, 0.1) is 5.41 Å². The second kappa shape index (κ2) is 8.96. The molecule has 0 amide bonds. The Morgan fingerprint density at radius 3 is 2.17 bits per heavy atom. The number of hydrogen-bond donors (Lipinski definition) is 0. The first kappa shape index (κ1) is 16.0. The van der Waals surface area contributed by atoms with Crippen LogP contribution in [0.5, 0.6) is 0 Å². The molecule has 0 unspecified atom stereocenters. The molecule has 1 aliphatic heterocycles. The zero-order valence-corrected chi connectivity index (χ0v) is 13.1. The minimum absolute atomic E-state index is 0.559. The molecular formula is C17H35N. The molecule has 1 fully saturated rings. The smallest absolute Gasteiger partial charge is 0.00136 e. The maximum Gasteiger partial charge on any atom is -0.00136 e. The molecule has 0 N–H and O–H groups in total. The molecule has 0 aliphatic carbocycles. The summed E-state index contributed by atoms with van der Waals surface area (Å²) in [5, 5.41) is 0. The first-order valence-electron chi connectivity index (χ1n) is 8.36. The number of unbranched alkanes of at least 4 members (excludes halogenated alkanes) is 4. The Morgan fingerprint density at radius 1 is 0.833 bits per heavy atom. The zero-order valence-electron chi connectivity index (χ0n) is 13.1. The summed E-state index contributed by atoms with van der Waals surface area (Å²) in [5.41, 5.74) is 0.559. The van der Waals surface area contributed by atoms with Crippen molar-refractivity contribution < 1.29 is 0 Å². The Balaban J connectivity index is 2.06. The molecule has 1 rings (SSSR count). The van der Waals surface area contributed by atoms with E-state index in [1.54, 1.807) is 0 Å². The number of hydrogen-bond acceptors (Lipinski definition) is 1. The van der Waals surface area contributed by atoms with Crippen molar-refractivity contribution >= 4 is 0 Å². The fraction of sp³-hybridized carbons (Fsp3) is 1.00. The van der Waals surface area contributed by atoms with Crippen molar-refractivity contribution in [3.05, 3.63) is 0 Å². The van der Waals surface area contributed by atoms with Gasteiger partial charge in [-0.25, -0.2) is 0 Å². The lowest BCUT2D eigenvalue weighted by Gasteiger charge is -2.31. The first-order chi connectivity index (χ1) is 8.64. The fourth-order valence-corrected chi connectivity index (χ4v) is 2.98. The molecule has 0 aromatic rings. The molecule has 0 saturated carbocycles. The number of likely N-dealkylation sites (tertiary alicyclic amines) is 1. The van der Waals surface area contributed by atoms with Gasteiger partial charge >= 0.3 is 0 Å². The summed E-state index contributed by atoms with van der Waals surface area (Å²) in [6, 6.07) is 0. The SMILES string of the molecule is CCCCCCCC(C)(C)CCN1CCCCC1. The fourth-order valence-electron chi connectivity index (χ4n) is 2.98. The van der Waals surface area contributed by atoms with Crippen LogP contribution in [0.1, 0.15) is 85.0 Å². The van der Waals surface area contributed by atoms with Gasteiger partial charge in [-0.05, 0) is 50.7 Å². The molecule has 1 heteroatoms. The van der Waals surface area contributed by atoms with E-state index in [-0.39, 0.29) is 0 Å². The first-order valence-corrected chi connectivity index (χ1v) is 8.36. The van der Waals surface area contributed by atoms with E-state index in [2.05, 4.69) is 25.7 Å². The highest BCUT2D eigenvalue weighted by atomic mass is 15.1. The van der Waals surface area contributed by atoms with Crippen LogP contribution in [-0.2, 0) is 0 Å². The predicted molar refractivity (Wildman–Crippen MR) is 82.1 cm³/mol. The summed E-state index contributed by atoms with van der Waals surface area (Å²) in [7, 11) is 0. The van der Waals surface area contributed by atoms with E-state index in [1.807, 2.05) is 0 Å². The summed E-state index contributed by atoms with van der Waals surface area (Å²) in [6.07, 6.45) is 14.2. The molecule has 108 valence electrons. The van der Waals surface area contributed by atoms with Gasteiger partial charge in [0, 0.05) is 0 Å². The lowest BCUT2D eigenvalue weighted by molar-refractivity contribution is 0.182. The van der Waals surface area contributed by atoms with Crippen molar-refractivity contribution in [2.75, 3.05) is 19.6 Å². The molecule has 0 atom stereocenters. The van der Waals surface area contributed by atoms with Crippen LogP contribution in [-0.4, -0.2) is 24.5 Å². The van der Waals surface area contributed by atoms with E-state index < -0.39 is 0 Å². The van der Waals surface area contributed by atoms with Crippen molar-refractivity contribution in [3.63, 3.8) is 0 Å². The molecule has 0 radical (unpaired) electrons. The summed E-state index contributed by atoms with van der Waals surface area (Å²) in [6.45, 7) is 11.3. The van der Waals surface area contributed by atoms with Gasteiger partial charge in [0.25, 0.3) is 0 Å². The van der Waals surface area contributed by atoms with Crippen LogP contribution in [0.4, 0.5) is 0 Å². The molecule has 1 heterocycles. The summed E-state index contributed by atoms with van der Waals surface area (Å²) >= 11 is 0. The second-order valence-electron chi connectivity index (χ2n) is 6.98. The normalized spacial score (nSPS) is 18.2. The third-order valence-electron chi connectivity index (χ3n) is 4.51. The number of nitrogens with zero attached hydrogens (tertiary/aromatic N) is 1. The van der Waals surface area contributed by atoms with E-state index in [0.717, 1.165) is 0 Å². The lowest BCUT2D eigenvalue weighted by Crippen LogP contribution is -2.32. The van der Waals surface area contributed by atoms with Crippen LogP contribution in [0.3, 0.4) is 0 Å². The van der Waals surface area contributed by atoms with Gasteiger partial charge in [-0.3, -0.25) is 0 Å². The van der Waals surface area contributed by atoms with Gasteiger partial charge in [0.05, 0.1) is 0 Å². The minimum atomic E-state index is 0.559. The van der Waals surface area contributed by atoms with Gasteiger partial charge < -0.3 is 4.90 Å². The topological polar surface area (TPSA) is 3.24 Å². The van der Waals surface area contributed by atoms with Gasteiger partial charge in [-0.1, -0.05) is 59.3 Å². The zero-order chi connectivity index (χ0) is 13.3. The molecule has 1 saturated heterocycles. The van der Waals surface area contributed by atoms with Crippen LogP contribution >= 0.6 is 0 Å². The van der Waals surface area contributed by atoms with E-state index in [9.17, 15) is 0 Å². The van der Waals surface area contributed by atoms with E-state index in [4.69, 9.17) is 0 Å². The highest BCUT2D eigenvalue weighted by Crippen LogP contribution is 2.28. The van der Waals surface area contributed by atoms with Crippen LogP contribution < -0.4 is 0 Å². The quantitative estimate of drug-likeness (QED) is 0.507. The van der Waals surface area contributed by atoms with Gasteiger partial charge in [0.1, 0.15) is 0 Å². The van der Waals surface area contributed by atoms with Gasteiger partial charge in [0.15, 0.2) is 0 Å². The second-order valence-corrected chi connectivity index (χ2v) is 6.98. The van der Waals surface area contributed by atoms with Crippen molar-refractivity contribution in [1.82, 2.24) is 4.90 Å². The monoisotopic (exact) mass is 253 g/mol. The summed E-state index contributed by atoms with van der Waals surface area (Å²) < 4.78 is 0. The molecule has 18 heavy (non-hydrogen) atoms. The molecule has 1 aliphatic rings. The van der Waals surface area contributed by atoms with Crippen LogP contribution in [0.2, 0.25) is 0 Å². The molecular weight excluding hydrogens is 218 g/mol. The predicted octanol–water partition coefficient (Wildman–Crippen LogP) is 5.25. The largest absolute Gasteiger partial charge is 0.303 e. The third-order valence-corrected chi connectivity index (χ3v) is 4.51. The Bertz CT molecular complexity index is 192. The molecule has 0 bridgehead atoms. The summed E-state index contributed by atoms with van der Waals surface area (Å²) in [4.78, 5) is 2.68. The van der Waals surface area contributed by atoms with Crippen molar-refractivity contribution in [3.8, 4) is 0 Å². The Kier molecular flexibility index (Phi) is 7.97. The van der Waals surface area contributed by atoms with Crippen molar-refractivity contribution in [1.29, 1.82) is 0 Å². The maximum absolute atomic E-state index is 2.68. The van der Waals surface area contributed by atoms with Gasteiger partial charge in [-0.15, -0.1) is 0 Å². The molecule has 0 aromatic carbocycles. The molecule has 0 spiro atoms. The van der Waals surface area contributed by atoms with Crippen molar-refractivity contribution in [2.45, 2.75) is 85.0 Å². The van der Waals surface area contributed by atoms with E-state index in [1.165, 1.54) is 83.8 Å². The van der Waals surface area contributed by atoms with Crippen LogP contribution in [0.15, 0.2) is 0 Å². The van der Waals surface area contributed by atoms with Crippen LogP contribution in [0.25, 0.3) is 0 Å². The Labute approximate surface area is 115 Å². The van der Waals surface area contributed by atoms with E-state index >= 15 is 0 Å². The average molecular weight is 253 g/mol. The molecule has 0 aromatic heterocycles. The van der Waals surface area contributed by atoms with Gasteiger partial charge in [-0.2, -0.15) is 0 Å². The Morgan fingerprint density at radius 2 is 1.50 bits per heavy atom. The standard InChI is InChI=1S/C17H35N/c1-4-5-6-7-9-12-17(2,3)13-16-18-14-10-8-11-15-18/h4-16H2,1-3H3. The number of rotatable bonds is 9. The van der Waals surface area contributed by atoms with Gasteiger partial charge in [0.2, 0.25) is 0 Å². The van der Waals surface area contributed by atoms with Crippen molar-refractivity contribution in [2.24, 2.45) is 5.41 Å². The average Bonchev–Trinajstić information content (AvgIpc) is 2.38. The maximum atomic E-state index is 2.68. The minimum Gasteiger partial charge on any atom is -0.303 e.